The summed E-state index contributed by atoms with van der Waals surface area (Å²) in [6.45, 7) is 2.58. The fraction of sp³-hybridized carbons (Fsp3) is 0.375. The summed E-state index contributed by atoms with van der Waals surface area (Å²) < 4.78 is 11.3. The Kier molecular flexibility index (Phi) is 10.4. The van der Waals surface area contributed by atoms with Crippen molar-refractivity contribution in [1.82, 2.24) is 10.2 Å². The number of carbonyl (C=O) groups is 2. The standard InChI is InChI=1S/C32H38N2O5/c1-38-28-16-12-26-13-17-30(29(26)22-28)34(19-5-9-32(36)37)20-6-18-33-31(35)21-24-10-14-27(15-11-24)39-23-25-7-3-2-4-8-25/h2-4,7-8,10-12,14-16,22,30H,5-6,9,13,17-21,23H2,1H3,(H,33,35)(H,36,37). The van der Waals surface area contributed by atoms with Crippen molar-refractivity contribution >= 4 is 11.9 Å². The second-order valence-corrected chi connectivity index (χ2v) is 9.95. The first kappa shape index (κ1) is 28.2. The summed E-state index contributed by atoms with van der Waals surface area (Å²) in [4.78, 5) is 26.0. The van der Waals surface area contributed by atoms with Gasteiger partial charge in [0.15, 0.2) is 0 Å². The number of carboxylic acids is 1. The summed E-state index contributed by atoms with van der Waals surface area (Å²) in [6.07, 6.45) is 3.88. The lowest BCUT2D eigenvalue weighted by molar-refractivity contribution is -0.137. The molecule has 1 aliphatic carbocycles. The fourth-order valence-electron chi connectivity index (χ4n) is 5.12. The Morgan fingerprint density at radius 1 is 0.949 bits per heavy atom. The highest BCUT2D eigenvalue weighted by Crippen LogP contribution is 2.38. The highest BCUT2D eigenvalue weighted by molar-refractivity contribution is 5.78. The number of nitrogens with zero attached hydrogens (tertiary/aromatic N) is 1. The predicted octanol–water partition coefficient (Wildman–Crippen LogP) is 5.18. The number of amides is 1. The number of fused-ring (bicyclic) bond motifs is 1. The lowest BCUT2D eigenvalue weighted by atomic mass is 10.1. The molecule has 3 aromatic rings. The Bertz CT molecular complexity index is 1210. The number of aryl methyl sites for hydroxylation is 1. The molecule has 0 bridgehead atoms. The summed E-state index contributed by atoms with van der Waals surface area (Å²) in [5, 5.41) is 12.2. The number of ether oxygens (including phenoxy) is 2. The van der Waals surface area contributed by atoms with Gasteiger partial charge < -0.3 is 19.9 Å². The number of carboxylic acid groups (broad SMARTS) is 1. The van der Waals surface area contributed by atoms with Gasteiger partial charge in [-0.05, 0) is 78.7 Å². The maximum absolute atomic E-state index is 12.6. The van der Waals surface area contributed by atoms with Gasteiger partial charge in [0.05, 0.1) is 13.5 Å². The summed E-state index contributed by atoms with van der Waals surface area (Å²) in [5.74, 6) is 0.833. The van der Waals surface area contributed by atoms with E-state index < -0.39 is 5.97 Å². The van der Waals surface area contributed by atoms with Crippen molar-refractivity contribution in [1.29, 1.82) is 0 Å². The summed E-state index contributed by atoms with van der Waals surface area (Å²) in [7, 11) is 1.67. The second kappa shape index (κ2) is 14.4. The van der Waals surface area contributed by atoms with Gasteiger partial charge in [-0.2, -0.15) is 0 Å². The van der Waals surface area contributed by atoms with Gasteiger partial charge in [0, 0.05) is 25.6 Å². The molecule has 0 spiro atoms. The molecule has 1 atom stereocenters. The third-order valence-corrected chi connectivity index (χ3v) is 7.16. The smallest absolute Gasteiger partial charge is 0.303 e. The van der Waals surface area contributed by atoms with E-state index in [1.807, 2.05) is 60.7 Å². The molecule has 0 aliphatic heterocycles. The van der Waals surface area contributed by atoms with Crippen LogP contribution in [0.1, 0.15) is 54.0 Å². The number of methoxy groups -OCH3 is 1. The van der Waals surface area contributed by atoms with Crippen LogP contribution in [0.3, 0.4) is 0 Å². The first-order chi connectivity index (χ1) is 19.0. The van der Waals surface area contributed by atoms with E-state index in [1.165, 1.54) is 11.1 Å². The van der Waals surface area contributed by atoms with Crippen LogP contribution in [-0.4, -0.2) is 48.6 Å². The number of carbonyl (C=O) groups excluding carboxylic acids is 1. The van der Waals surface area contributed by atoms with Crippen LogP contribution in [0.25, 0.3) is 0 Å². The van der Waals surface area contributed by atoms with Crippen LogP contribution in [0.4, 0.5) is 0 Å². The molecule has 0 saturated heterocycles. The van der Waals surface area contributed by atoms with Crippen LogP contribution in [-0.2, 0) is 29.0 Å². The number of benzene rings is 3. The third kappa shape index (κ3) is 8.58. The minimum Gasteiger partial charge on any atom is -0.497 e. The molecule has 0 saturated carbocycles. The van der Waals surface area contributed by atoms with E-state index in [4.69, 9.17) is 14.6 Å². The number of rotatable bonds is 15. The number of hydrogen-bond donors (Lipinski definition) is 2. The zero-order valence-electron chi connectivity index (χ0n) is 22.6. The number of nitrogens with one attached hydrogen (secondary N) is 1. The van der Waals surface area contributed by atoms with Crippen LogP contribution in [0.15, 0.2) is 72.8 Å². The van der Waals surface area contributed by atoms with Gasteiger partial charge in [-0.1, -0.05) is 48.5 Å². The SMILES string of the molecule is COc1ccc2c(c1)C(N(CCCNC(=O)Cc1ccc(OCc3ccccc3)cc1)CCCC(=O)O)CC2. The summed E-state index contributed by atoms with van der Waals surface area (Å²) >= 11 is 0. The van der Waals surface area contributed by atoms with Crippen molar-refractivity contribution in [2.45, 2.75) is 51.2 Å². The normalized spacial score (nSPS) is 14.2. The molecule has 206 valence electrons. The van der Waals surface area contributed by atoms with E-state index in [9.17, 15) is 9.59 Å². The van der Waals surface area contributed by atoms with Gasteiger partial charge >= 0.3 is 5.97 Å². The molecule has 3 aromatic carbocycles. The third-order valence-electron chi connectivity index (χ3n) is 7.16. The molecule has 0 fully saturated rings. The maximum Gasteiger partial charge on any atom is 0.303 e. The Morgan fingerprint density at radius 2 is 1.69 bits per heavy atom. The van der Waals surface area contributed by atoms with Crippen molar-refractivity contribution in [3.05, 3.63) is 95.1 Å². The zero-order chi connectivity index (χ0) is 27.5. The largest absolute Gasteiger partial charge is 0.497 e. The minimum absolute atomic E-state index is 0.0127. The fourth-order valence-corrected chi connectivity index (χ4v) is 5.12. The molecular weight excluding hydrogens is 492 g/mol. The average Bonchev–Trinajstić information content (AvgIpc) is 3.37. The maximum atomic E-state index is 12.6. The van der Waals surface area contributed by atoms with E-state index in [-0.39, 0.29) is 18.4 Å². The molecule has 4 rings (SSSR count). The second-order valence-electron chi connectivity index (χ2n) is 9.95. The van der Waals surface area contributed by atoms with Gasteiger partial charge in [-0.25, -0.2) is 0 Å². The van der Waals surface area contributed by atoms with Crippen molar-refractivity contribution in [2.75, 3.05) is 26.7 Å². The van der Waals surface area contributed by atoms with Crippen LogP contribution in [0, 0.1) is 0 Å². The quantitative estimate of drug-likeness (QED) is 0.263. The molecule has 7 nitrogen and oxygen atoms in total. The number of aliphatic carboxylic acids is 1. The Hall–Kier alpha value is -3.84. The molecular formula is C32H38N2O5. The van der Waals surface area contributed by atoms with Crippen LogP contribution < -0.4 is 14.8 Å². The van der Waals surface area contributed by atoms with Crippen molar-refractivity contribution < 1.29 is 24.2 Å². The monoisotopic (exact) mass is 530 g/mol. The van der Waals surface area contributed by atoms with Gasteiger partial charge in [0.2, 0.25) is 5.91 Å². The highest BCUT2D eigenvalue weighted by Gasteiger charge is 2.28. The van der Waals surface area contributed by atoms with Gasteiger partial charge in [-0.15, -0.1) is 0 Å². The molecule has 0 aromatic heterocycles. The summed E-state index contributed by atoms with van der Waals surface area (Å²) in [5.41, 5.74) is 4.64. The average molecular weight is 531 g/mol. The van der Waals surface area contributed by atoms with Crippen molar-refractivity contribution in [3.8, 4) is 11.5 Å². The van der Waals surface area contributed by atoms with E-state index >= 15 is 0 Å². The molecule has 1 amide bonds. The Balaban J connectivity index is 1.23. The molecule has 1 aliphatic rings. The van der Waals surface area contributed by atoms with Gasteiger partial charge in [0.1, 0.15) is 18.1 Å². The van der Waals surface area contributed by atoms with Crippen LogP contribution in [0.5, 0.6) is 11.5 Å². The lowest BCUT2D eigenvalue weighted by Gasteiger charge is -2.30. The zero-order valence-corrected chi connectivity index (χ0v) is 22.6. The van der Waals surface area contributed by atoms with E-state index in [0.29, 0.717) is 32.5 Å². The first-order valence-electron chi connectivity index (χ1n) is 13.7. The molecule has 0 radical (unpaired) electrons. The predicted molar refractivity (Wildman–Crippen MR) is 151 cm³/mol. The van der Waals surface area contributed by atoms with E-state index in [0.717, 1.165) is 48.4 Å². The van der Waals surface area contributed by atoms with Gasteiger partial charge in [0.25, 0.3) is 0 Å². The molecule has 1 unspecified atom stereocenters. The molecule has 2 N–H and O–H groups in total. The molecule has 0 heterocycles. The van der Waals surface area contributed by atoms with E-state index in [2.05, 4.69) is 22.3 Å². The van der Waals surface area contributed by atoms with E-state index in [1.54, 1.807) is 7.11 Å². The van der Waals surface area contributed by atoms with Gasteiger partial charge in [-0.3, -0.25) is 14.5 Å². The number of hydrogen-bond acceptors (Lipinski definition) is 5. The van der Waals surface area contributed by atoms with Crippen LogP contribution in [0.2, 0.25) is 0 Å². The Morgan fingerprint density at radius 3 is 2.44 bits per heavy atom. The van der Waals surface area contributed by atoms with Crippen molar-refractivity contribution in [2.24, 2.45) is 0 Å². The molecule has 7 heteroatoms. The summed E-state index contributed by atoms with van der Waals surface area (Å²) in [6, 6.07) is 24.1. The Labute approximate surface area is 230 Å². The first-order valence-corrected chi connectivity index (χ1v) is 13.7. The van der Waals surface area contributed by atoms with Crippen LogP contribution >= 0.6 is 0 Å². The minimum atomic E-state index is -0.772. The topological polar surface area (TPSA) is 88.1 Å². The highest BCUT2D eigenvalue weighted by atomic mass is 16.5. The lowest BCUT2D eigenvalue weighted by Crippen LogP contribution is -2.33. The van der Waals surface area contributed by atoms with Crippen molar-refractivity contribution in [3.63, 3.8) is 0 Å². The molecule has 39 heavy (non-hydrogen) atoms.